The van der Waals surface area contributed by atoms with Gasteiger partial charge in [0.05, 0.1) is 0 Å². The molecule has 2 aromatic rings. The summed E-state index contributed by atoms with van der Waals surface area (Å²) in [6.07, 6.45) is 0.124. The molecular formula is C16H16N2O5S2. The van der Waals surface area contributed by atoms with E-state index in [4.69, 9.17) is 9.47 Å². The molecule has 9 heteroatoms. The number of amides is 1. The highest BCUT2D eigenvalue weighted by atomic mass is 32.2. The maximum atomic E-state index is 12.3. The first-order chi connectivity index (χ1) is 12.0. The van der Waals surface area contributed by atoms with Crippen LogP contribution in [0.1, 0.15) is 6.42 Å². The molecule has 25 heavy (non-hydrogen) atoms. The lowest BCUT2D eigenvalue weighted by Gasteiger charge is -2.22. The van der Waals surface area contributed by atoms with Crippen molar-refractivity contribution in [3.8, 4) is 11.5 Å². The topological polar surface area (TPSA) is 84.9 Å². The minimum Gasteiger partial charge on any atom is -0.486 e. The molecule has 1 fully saturated rings. The van der Waals surface area contributed by atoms with Gasteiger partial charge in [0.1, 0.15) is 17.4 Å². The van der Waals surface area contributed by atoms with Crippen LogP contribution in [0, 0.1) is 0 Å². The zero-order valence-electron chi connectivity index (χ0n) is 13.2. The van der Waals surface area contributed by atoms with Gasteiger partial charge in [0.15, 0.2) is 11.5 Å². The van der Waals surface area contributed by atoms with Gasteiger partial charge in [0, 0.05) is 30.8 Å². The molecule has 2 aliphatic rings. The smallest absolute Gasteiger partial charge is 0.250 e. The molecule has 0 unspecified atom stereocenters. The van der Waals surface area contributed by atoms with Gasteiger partial charge in [-0.3, -0.25) is 4.79 Å². The first kappa shape index (κ1) is 16.4. The zero-order valence-corrected chi connectivity index (χ0v) is 14.8. The van der Waals surface area contributed by atoms with Crippen molar-refractivity contribution in [3.63, 3.8) is 0 Å². The van der Waals surface area contributed by atoms with Crippen LogP contribution >= 0.6 is 11.3 Å². The third kappa shape index (κ3) is 3.22. The molecule has 1 aromatic carbocycles. The van der Waals surface area contributed by atoms with Crippen molar-refractivity contribution >= 4 is 33.0 Å². The minimum atomic E-state index is -3.60. The lowest BCUT2D eigenvalue weighted by molar-refractivity contribution is -0.117. The van der Waals surface area contributed by atoms with Crippen molar-refractivity contribution in [3.05, 3.63) is 35.7 Å². The minimum absolute atomic E-state index is 0.124. The number of benzene rings is 1. The fourth-order valence-electron chi connectivity index (χ4n) is 2.93. The molecule has 2 aliphatic heterocycles. The fraction of sp³-hybridized carbons (Fsp3) is 0.312. The Kier molecular flexibility index (Phi) is 4.14. The standard InChI is InChI=1S/C16H16N2O5S2/c19-15-8-11(17-25(20,21)16-2-1-7-24-16)10-18(15)12-3-4-13-14(9-12)23-6-5-22-13/h1-4,7,9,11,17H,5-6,8,10H2/t11-/m1/s1. The highest BCUT2D eigenvalue weighted by Crippen LogP contribution is 2.35. The van der Waals surface area contributed by atoms with Gasteiger partial charge < -0.3 is 14.4 Å². The number of fused-ring (bicyclic) bond motifs is 1. The molecular weight excluding hydrogens is 364 g/mol. The number of hydrogen-bond acceptors (Lipinski definition) is 6. The molecule has 3 heterocycles. The Balaban J connectivity index is 1.51. The van der Waals surface area contributed by atoms with Gasteiger partial charge in [0.2, 0.25) is 15.9 Å². The second kappa shape index (κ2) is 6.32. The molecule has 0 saturated carbocycles. The summed E-state index contributed by atoms with van der Waals surface area (Å²) in [7, 11) is -3.60. The van der Waals surface area contributed by atoms with Crippen molar-refractivity contribution in [2.75, 3.05) is 24.7 Å². The highest BCUT2D eigenvalue weighted by Gasteiger charge is 2.34. The molecule has 0 bridgehead atoms. The van der Waals surface area contributed by atoms with Crippen LogP contribution in [0.4, 0.5) is 5.69 Å². The third-order valence-electron chi connectivity index (χ3n) is 4.04. The Morgan fingerprint density at radius 3 is 2.72 bits per heavy atom. The van der Waals surface area contributed by atoms with Crippen LogP contribution in [-0.2, 0) is 14.8 Å². The van der Waals surface area contributed by atoms with E-state index in [9.17, 15) is 13.2 Å². The summed E-state index contributed by atoms with van der Waals surface area (Å²) < 4.78 is 38.5. The Morgan fingerprint density at radius 1 is 1.16 bits per heavy atom. The summed E-state index contributed by atoms with van der Waals surface area (Å²) >= 11 is 1.15. The number of rotatable bonds is 4. The van der Waals surface area contributed by atoms with Crippen LogP contribution in [0.2, 0.25) is 0 Å². The van der Waals surface area contributed by atoms with Crippen molar-refractivity contribution < 1.29 is 22.7 Å². The number of ether oxygens (including phenoxy) is 2. The van der Waals surface area contributed by atoms with Crippen LogP contribution in [0.5, 0.6) is 11.5 Å². The monoisotopic (exact) mass is 380 g/mol. The maximum absolute atomic E-state index is 12.3. The molecule has 1 aromatic heterocycles. The molecule has 1 N–H and O–H groups in total. The molecule has 4 rings (SSSR count). The van der Waals surface area contributed by atoms with Gasteiger partial charge in [-0.25, -0.2) is 13.1 Å². The SMILES string of the molecule is O=C1C[C@@H](NS(=O)(=O)c2cccs2)CN1c1ccc2c(c1)OCCO2. The third-order valence-corrected chi connectivity index (χ3v) is 6.96. The molecule has 1 amide bonds. The zero-order chi connectivity index (χ0) is 17.4. The largest absolute Gasteiger partial charge is 0.486 e. The van der Waals surface area contributed by atoms with Crippen LogP contribution in [0.25, 0.3) is 0 Å². The van der Waals surface area contributed by atoms with E-state index in [0.29, 0.717) is 30.4 Å². The predicted molar refractivity (Wildman–Crippen MR) is 92.8 cm³/mol. The van der Waals surface area contributed by atoms with E-state index in [2.05, 4.69) is 4.72 Å². The average molecular weight is 380 g/mol. The fourth-order valence-corrected chi connectivity index (χ4v) is 5.17. The van der Waals surface area contributed by atoms with E-state index in [1.54, 1.807) is 40.6 Å². The normalized spacial score (nSPS) is 20.1. The quantitative estimate of drug-likeness (QED) is 0.871. The average Bonchev–Trinajstić information content (AvgIpc) is 3.24. The predicted octanol–water partition coefficient (Wildman–Crippen LogP) is 1.60. The Hall–Kier alpha value is -2.10. The molecule has 1 atom stereocenters. The molecule has 0 radical (unpaired) electrons. The number of hydrogen-bond donors (Lipinski definition) is 1. The highest BCUT2D eigenvalue weighted by molar-refractivity contribution is 7.91. The lowest BCUT2D eigenvalue weighted by atomic mass is 10.2. The Labute approximate surface area is 149 Å². The van der Waals surface area contributed by atoms with Crippen molar-refractivity contribution in [1.29, 1.82) is 0 Å². The van der Waals surface area contributed by atoms with Gasteiger partial charge >= 0.3 is 0 Å². The molecule has 0 spiro atoms. The number of anilines is 1. The van der Waals surface area contributed by atoms with Crippen molar-refractivity contribution in [2.45, 2.75) is 16.7 Å². The Morgan fingerprint density at radius 2 is 1.96 bits per heavy atom. The molecule has 1 saturated heterocycles. The second-order valence-corrected chi connectivity index (χ2v) is 8.68. The summed E-state index contributed by atoms with van der Waals surface area (Å²) in [5, 5.41) is 1.70. The lowest BCUT2D eigenvalue weighted by Crippen LogP contribution is -2.36. The number of nitrogens with zero attached hydrogens (tertiary/aromatic N) is 1. The van der Waals surface area contributed by atoms with Gasteiger partial charge in [-0.2, -0.15) is 0 Å². The number of carbonyl (C=O) groups excluding carboxylic acids is 1. The van der Waals surface area contributed by atoms with E-state index in [1.807, 2.05) is 0 Å². The van der Waals surface area contributed by atoms with Crippen LogP contribution < -0.4 is 19.1 Å². The summed E-state index contributed by atoms with van der Waals surface area (Å²) in [5.74, 6) is 1.12. The molecule has 0 aliphatic carbocycles. The van der Waals surface area contributed by atoms with Crippen LogP contribution in [0.3, 0.4) is 0 Å². The number of nitrogens with one attached hydrogen (secondary N) is 1. The van der Waals surface area contributed by atoms with Gasteiger partial charge in [-0.05, 0) is 23.6 Å². The molecule has 132 valence electrons. The van der Waals surface area contributed by atoms with Crippen molar-refractivity contribution in [2.24, 2.45) is 0 Å². The van der Waals surface area contributed by atoms with E-state index in [0.717, 1.165) is 11.3 Å². The van der Waals surface area contributed by atoms with E-state index >= 15 is 0 Å². The summed E-state index contributed by atoms with van der Waals surface area (Å²) in [6, 6.07) is 8.06. The van der Waals surface area contributed by atoms with Crippen molar-refractivity contribution in [1.82, 2.24) is 4.72 Å². The van der Waals surface area contributed by atoms with E-state index in [1.165, 1.54) is 0 Å². The summed E-state index contributed by atoms with van der Waals surface area (Å²) in [6.45, 7) is 1.25. The number of carbonyl (C=O) groups is 1. The number of thiophene rings is 1. The van der Waals surface area contributed by atoms with Gasteiger partial charge in [-0.15, -0.1) is 11.3 Å². The first-order valence-corrected chi connectivity index (χ1v) is 10.1. The first-order valence-electron chi connectivity index (χ1n) is 7.79. The van der Waals surface area contributed by atoms with Gasteiger partial charge in [0.25, 0.3) is 0 Å². The number of sulfonamides is 1. The van der Waals surface area contributed by atoms with Gasteiger partial charge in [-0.1, -0.05) is 6.07 Å². The summed E-state index contributed by atoms with van der Waals surface area (Å²) in [4.78, 5) is 13.9. The van der Waals surface area contributed by atoms with Crippen LogP contribution in [0.15, 0.2) is 39.9 Å². The second-order valence-electron chi connectivity index (χ2n) is 5.79. The summed E-state index contributed by atoms with van der Waals surface area (Å²) in [5.41, 5.74) is 0.673. The van der Waals surface area contributed by atoms with E-state index in [-0.39, 0.29) is 23.1 Å². The maximum Gasteiger partial charge on any atom is 0.250 e. The van der Waals surface area contributed by atoms with Crippen LogP contribution in [-0.4, -0.2) is 40.1 Å². The van der Waals surface area contributed by atoms with E-state index < -0.39 is 16.1 Å². The molecule has 7 nitrogen and oxygen atoms in total. The Bertz CT molecular complexity index is 895.